The molecule has 0 spiro atoms. The number of furan rings is 2. The Kier molecular flexibility index (Phi) is 4.60. The zero-order valence-corrected chi connectivity index (χ0v) is 15.0. The van der Waals surface area contributed by atoms with Crippen molar-refractivity contribution >= 4 is 23.1 Å². The van der Waals surface area contributed by atoms with Crippen molar-refractivity contribution in [2.24, 2.45) is 0 Å². The first kappa shape index (κ1) is 17.5. The minimum absolute atomic E-state index is 0.593. The summed E-state index contributed by atoms with van der Waals surface area (Å²) in [7, 11) is 0. The Morgan fingerprint density at radius 1 is 0.964 bits per heavy atom. The van der Waals surface area contributed by atoms with Crippen molar-refractivity contribution in [3.05, 3.63) is 78.3 Å². The molecule has 0 amide bonds. The molecular formula is C22H16N2O4. The average Bonchev–Trinajstić information content (AvgIpc) is 3.38. The lowest BCUT2D eigenvalue weighted by Crippen LogP contribution is -1.94. The molecular weight excluding hydrogens is 356 g/mol. The van der Waals surface area contributed by atoms with E-state index in [1.165, 1.54) is 0 Å². The fourth-order valence-electron chi connectivity index (χ4n) is 2.82. The molecule has 0 aliphatic heterocycles. The summed E-state index contributed by atoms with van der Waals surface area (Å²) in [4.78, 5) is 20.2. The maximum Gasteiger partial charge on any atom is 0.328 e. The minimum atomic E-state index is -0.972. The zero-order chi connectivity index (χ0) is 19.5. The predicted molar refractivity (Wildman–Crippen MR) is 105 cm³/mol. The van der Waals surface area contributed by atoms with Crippen molar-refractivity contribution in [2.45, 2.75) is 6.92 Å². The lowest BCUT2D eigenvalue weighted by atomic mass is 10.1. The van der Waals surface area contributed by atoms with Crippen molar-refractivity contribution in [1.82, 2.24) is 9.97 Å². The van der Waals surface area contributed by atoms with Gasteiger partial charge < -0.3 is 13.9 Å². The average molecular weight is 372 g/mol. The smallest absolute Gasteiger partial charge is 0.328 e. The van der Waals surface area contributed by atoms with Crippen LogP contribution in [0.2, 0.25) is 0 Å². The Labute approximate surface area is 160 Å². The Morgan fingerprint density at radius 2 is 1.61 bits per heavy atom. The first-order chi connectivity index (χ1) is 13.6. The largest absolute Gasteiger partial charge is 0.478 e. The van der Waals surface area contributed by atoms with Gasteiger partial charge in [0.2, 0.25) is 0 Å². The number of hydrogen-bond donors (Lipinski definition) is 1. The van der Waals surface area contributed by atoms with Gasteiger partial charge in [0.15, 0.2) is 11.5 Å². The Morgan fingerprint density at radius 3 is 2.18 bits per heavy atom. The van der Waals surface area contributed by atoms with Gasteiger partial charge in [-0.2, -0.15) is 0 Å². The number of carboxylic acid groups (broad SMARTS) is 1. The summed E-state index contributed by atoms with van der Waals surface area (Å²) in [6.45, 7) is 1.73. The highest BCUT2D eigenvalue weighted by molar-refractivity contribution is 5.85. The van der Waals surface area contributed by atoms with Crippen LogP contribution in [0.25, 0.3) is 40.0 Å². The molecule has 0 fully saturated rings. The highest BCUT2D eigenvalue weighted by atomic mass is 16.4. The van der Waals surface area contributed by atoms with E-state index < -0.39 is 5.97 Å². The van der Waals surface area contributed by atoms with Crippen LogP contribution in [0.4, 0.5) is 0 Å². The molecule has 0 atom stereocenters. The highest BCUT2D eigenvalue weighted by Gasteiger charge is 2.17. The number of hydrogen-bond acceptors (Lipinski definition) is 5. The second-order valence-corrected chi connectivity index (χ2v) is 6.18. The summed E-state index contributed by atoms with van der Waals surface area (Å²) in [5, 5.41) is 8.80. The number of carboxylic acids is 1. The van der Waals surface area contributed by atoms with Gasteiger partial charge in [-0.25, -0.2) is 14.8 Å². The van der Waals surface area contributed by atoms with E-state index in [0.29, 0.717) is 34.0 Å². The topological polar surface area (TPSA) is 89.4 Å². The van der Waals surface area contributed by atoms with Gasteiger partial charge in [-0.3, -0.25) is 0 Å². The summed E-state index contributed by atoms with van der Waals surface area (Å²) >= 11 is 0. The number of allylic oxidation sites excluding steroid dienone is 2. The van der Waals surface area contributed by atoms with Crippen LogP contribution < -0.4 is 0 Å². The molecule has 0 aliphatic carbocycles. The van der Waals surface area contributed by atoms with Crippen molar-refractivity contribution in [2.75, 3.05) is 0 Å². The first-order valence-electron chi connectivity index (χ1n) is 8.59. The number of aliphatic carboxylic acids is 1. The van der Waals surface area contributed by atoms with E-state index >= 15 is 0 Å². The quantitative estimate of drug-likeness (QED) is 0.383. The maximum absolute atomic E-state index is 10.7. The third-order valence-corrected chi connectivity index (χ3v) is 4.09. The Bertz CT molecular complexity index is 1190. The predicted octanol–water partition coefficient (Wildman–Crippen LogP) is 5.19. The number of fused-ring (bicyclic) bond motifs is 1. The van der Waals surface area contributed by atoms with Gasteiger partial charge in [0.25, 0.3) is 0 Å². The molecule has 138 valence electrons. The Hall–Kier alpha value is -3.93. The van der Waals surface area contributed by atoms with Gasteiger partial charge in [0.05, 0.1) is 23.6 Å². The van der Waals surface area contributed by atoms with Crippen molar-refractivity contribution in [3.8, 4) is 22.9 Å². The van der Waals surface area contributed by atoms with Gasteiger partial charge in [-0.15, -0.1) is 0 Å². The first-order valence-corrected chi connectivity index (χ1v) is 8.59. The molecule has 3 heterocycles. The van der Waals surface area contributed by atoms with Crippen LogP contribution in [0.15, 0.2) is 81.6 Å². The maximum atomic E-state index is 10.7. The van der Waals surface area contributed by atoms with Crippen molar-refractivity contribution < 1.29 is 18.7 Å². The molecule has 3 aromatic heterocycles. The molecule has 1 N–H and O–H groups in total. The van der Waals surface area contributed by atoms with Crippen LogP contribution in [-0.2, 0) is 4.79 Å². The molecule has 0 aliphatic rings. The normalized spacial score (nSPS) is 12.1. The second kappa shape index (κ2) is 7.36. The van der Waals surface area contributed by atoms with E-state index in [0.717, 1.165) is 17.2 Å². The van der Waals surface area contributed by atoms with Crippen LogP contribution in [0.5, 0.6) is 0 Å². The SMILES string of the molecule is CC(/C=C/c1ccc2nc(-c3ccco3)c(-c3ccco3)nc2c1)=C\C(=O)O. The van der Waals surface area contributed by atoms with E-state index in [-0.39, 0.29) is 0 Å². The number of aromatic nitrogens is 2. The monoisotopic (exact) mass is 372 g/mol. The molecule has 28 heavy (non-hydrogen) atoms. The molecule has 4 rings (SSSR count). The summed E-state index contributed by atoms with van der Waals surface area (Å²) < 4.78 is 11.1. The summed E-state index contributed by atoms with van der Waals surface area (Å²) in [6, 6.07) is 12.9. The molecule has 6 heteroatoms. The van der Waals surface area contributed by atoms with E-state index in [9.17, 15) is 4.79 Å². The molecule has 6 nitrogen and oxygen atoms in total. The fraction of sp³-hybridized carbons (Fsp3) is 0.0455. The summed E-state index contributed by atoms with van der Waals surface area (Å²) in [5.41, 5.74) is 4.14. The lowest BCUT2D eigenvalue weighted by Gasteiger charge is -2.07. The number of carbonyl (C=O) groups is 1. The van der Waals surface area contributed by atoms with Gasteiger partial charge in [-0.05, 0) is 54.5 Å². The molecule has 1 aromatic carbocycles. The van der Waals surface area contributed by atoms with E-state index in [4.69, 9.17) is 23.9 Å². The van der Waals surface area contributed by atoms with Crippen LogP contribution in [0, 0.1) is 0 Å². The van der Waals surface area contributed by atoms with Crippen LogP contribution in [0.1, 0.15) is 12.5 Å². The fourth-order valence-corrected chi connectivity index (χ4v) is 2.82. The van der Waals surface area contributed by atoms with E-state index in [1.54, 1.807) is 37.7 Å². The molecule has 0 radical (unpaired) electrons. The lowest BCUT2D eigenvalue weighted by molar-refractivity contribution is -0.131. The Balaban J connectivity index is 1.81. The third-order valence-electron chi connectivity index (χ3n) is 4.09. The van der Waals surface area contributed by atoms with Crippen molar-refractivity contribution in [1.29, 1.82) is 0 Å². The molecule has 4 aromatic rings. The number of nitrogens with zero attached hydrogens (tertiary/aromatic N) is 2. The van der Waals surface area contributed by atoms with Crippen molar-refractivity contribution in [3.63, 3.8) is 0 Å². The highest BCUT2D eigenvalue weighted by Crippen LogP contribution is 2.31. The summed E-state index contributed by atoms with van der Waals surface area (Å²) in [6.07, 6.45) is 7.91. The van der Waals surface area contributed by atoms with Gasteiger partial charge >= 0.3 is 5.97 Å². The van der Waals surface area contributed by atoms with Gasteiger partial charge in [0.1, 0.15) is 11.4 Å². The van der Waals surface area contributed by atoms with Crippen LogP contribution in [0.3, 0.4) is 0 Å². The van der Waals surface area contributed by atoms with Gasteiger partial charge in [0, 0.05) is 6.08 Å². The molecule has 0 saturated carbocycles. The second-order valence-electron chi connectivity index (χ2n) is 6.18. The molecule has 0 unspecified atom stereocenters. The third kappa shape index (κ3) is 3.61. The zero-order valence-electron chi connectivity index (χ0n) is 15.0. The molecule has 0 bridgehead atoms. The number of rotatable bonds is 5. The standard InChI is InChI=1S/C22H16N2O4/c1-14(12-20(25)26)6-7-15-8-9-16-17(13-15)24-22(19-5-3-11-28-19)21(23-16)18-4-2-10-27-18/h2-13H,1H3,(H,25,26)/b7-6+,14-12+. The van der Waals surface area contributed by atoms with E-state index in [2.05, 4.69) is 0 Å². The number of benzene rings is 1. The minimum Gasteiger partial charge on any atom is -0.478 e. The van der Waals surface area contributed by atoms with E-state index in [1.807, 2.05) is 36.4 Å². The summed E-state index contributed by atoms with van der Waals surface area (Å²) in [5.74, 6) is 0.237. The van der Waals surface area contributed by atoms with Crippen LogP contribution >= 0.6 is 0 Å². The van der Waals surface area contributed by atoms with Gasteiger partial charge in [-0.1, -0.05) is 18.2 Å². The van der Waals surface area contributed by atoms with Crippen LogP contribution in [-0.4, -0.2) is 21.0 Å². The molecule has 0 saturated heterocycles.